The maximum Gasteiger partial charge on any atom is 0.394 e. The molecule has 0 aliphatic carbocycles. The van der Waals surface area contributed by atoms with Crippen molar-refractivity contribution in [3.05, 3.63) is 35.9 Å². The van der Waals surface area contributed by atoms with Crippen molar-refractivity contribution in [3.63, 3.8) is 0 Å². The number of alkyl halides is 3. The molecule has 2 unspecified atom stereocenters. The SMILES string of the molecule is CC(CCc1ccccc1)N1CCNCC(C(F)(F)F)C1. The van der Waals surface area contributed by atoms with E-state index in [2.05, 4.69) is 17.4 Å². The van der Waals surface area contributed by atoms with E-state index in [1.54, 1.807) is 0 Å². The van der Waals surface area contributed by atoms with E-state index >= 15 is 0 Å². The van der Waals surface area contributed by atoms with Crippen molar-refractivity contribution in [2.75, 3.05) is 26.2 Å². The lowest BCUT2D eigenvalue weighted by Gasteiger charge is -2.30. The van der Waals surface area contributed by atoms with E-state index in [0.717, 1.165) is 12.8 Å². The standard InChI is InChI=1S/C16H23F3N2/c1-13(7-8-14-5-3-2-4-6-14)21-10-9-20-11-15(12-21)16(17,18)19/h2-6,13,15,20H,7-12H2,1H3. The zero-order chi connectivity index (χ0) is 15.3. The fourth-order valence-corrected chi connectivity index (χ4v) is 2.76. The summed E-state index contributed by atoms with van der Waals surface area (Å²) < 4.78 is 38.8. The number of nitrogens with one attached hydrogen (secondary N) is 1. The summed E-state index contributed by atoms with van der Waals surface area (Å²) in [6.45, 7) is 3.48. The van der Waals surface area contributed by atoms with Gasteiger partial charge in [0.05, 0.1) is 5.92 Å². The van der Waals surface area contributed by atoms with Gasteiger partial charge in [-0.3, -0.25) is 4.90 Å². The van der Waals surface area contributed by atoms with Crippen molar-refractivity contribution >= 4 is 0 Å². The van der Waals surface area contributed by atoms with Gasteiger partial charge in [0.25, 0.3) is 0 Å². The fourth-order valence-electron chi connectivity index (χ4n) is 2.76. The summed E-state index contributed by atoms with van der Waals surface area (Å²) in [5.41, 5.74) is 1.24. The number of benzene rings is 1. The predicted octanol–water partition coefficient (Wildman–Crippen LogP) is 3.09. The van der Waals surface area contributed by atoms with Crippen molar-refractivity contribution in [1.82, 2.24) is 10.2 Å². The Labute approximate surface area is 124 Å². The van der Waals surface area contributed by atoms with Gasteiger partial charge in [0.2, 0.25) is 0 Å². The first-order chi connectivity index (χ1) is 9.97. The number of hydrogen-bond acceptors (Lipinski definition) is 2. The van der Waals surface area contributed by atoms with Gasteiger partial charge in [-0.15, -0.1) is 0 Å². The molecule has 2 atom stereocenters. The zero-order valence-corrected chi connectivity index (χ0v) is 12.4. The second-order valence-corrected chi connectivity index (χ2v) is 5.81. The Hall–Kier alpha value is -1.07. The van der Waals surface area contributed by atoms with Crippen LogP contribution in [0.5, 0.6) is 0 Å². The topological polar surface area (TPSA) is 15.3 Å². The quantitative estimate of drug-likeness (QED) is 0.919. The van der Waals surface area contributed by atoms with Crippen molar-refractivity contribution in [2.24, 2.45) is 5.92 Å². The second kappa shape index (κ2) is 7.27. The molecule has 1 heterocycles. The summed E-state index contributed by atoms with van der Waals surface area (Å²) in [7, 11) is 0. The molecule has 1 aromatic carbocycles. The summed E-state index contributed by atoms with van der Waals surface area (Å²) in [6.07, 6.45) is -2.33. The lowest BCUT2D eigenvalue weighted by Crippen LogP contribution is -2.42. The highest BCUT2D eigenvalue weighted by atomic mass is 19.4. The Morgan fingerprint density at radius 3 is 2.67 bits per heavy atom. The van der Waals surface area contributed by atoms with Crippen molar-refractivity contribution in [3.8, 4) is 0 Å². The molecule has 1 saturated heterocycles. The van der Waals surface area contributed by atoms with Crippen LogP contribution in [0.15, 0.2) is 30.3 Å². The second-order valence-electron chi connectivity index (χ2n) is 5.81. The van der Waals surface area contributed by atoms with Gasteiger partial charge in [-0.05, 0) is 25.3 Å². The molecule has 0 amide bonds. The van der Waals surface area contributed by atoms with Crippen LogP contribution in [0.3, 0.4) is 0 Å². The highest BCUT2D eigenvalue weighted by molar-refractivity contribution is 5.14. The monoisotopic (exact) mass is 300 g/mol. The van der Waals surface area contributed by atoms with Crippen LogP contribution >= 0.6 is 0 Å². The van der Waals surface area contributed by atoms with E-state index in [1.807, 2.05) is 30.0 Å². The first-order valence-corrected chi connectivity index (χ1v) is 7.52. The van der Waals surface area contributed by atoms with E-state index in [0.29, 0.717) is 13.1 Å². The normalized spacial score (nSPS) is 22.8. The number of halogens is 3. The molecule has 1 fully saturated rings. The summed E-state index contributed by atoms with van der Waals surface area (Å²) >= 11 is 0. The average Bonchev–Trinajstić information content (AvgIpc) is 2.71. The smallest absolute Gasteiger partial charge is 0.315 e. The summed E-state index contributed by atoms with van der Waals surface area (Å²) in [4.78, 5) is 1.97. The first kappa shape index (κ1) is 16.3. The van der Waals surface area contributed by atoms with Gasteiger partial charge in [0, 0.05) is 32.2 Å². The molecular formula is C16H23F3N2. The molecule has 2 rings (SSSR count). The Balaban J connectivity index is 1.89. The minimum Gasteiger partial charge on any atom is -0.315 e. The molecule has 1 N–H and O–H groups in total. The third kappa shape index (κ3) is 5.00. The minimum atomic E-state index is -4.12. The molecule has 0 radical (unpaired) electrons. The number of rotatable bonds is 4. The molecule has 0 aromatic heterocycles. The van der Waals surface area contributed by atoms with Gasteiger partial charge < -0.3 is 5.32 Å². The van der Waals surface area contributed by atoms with Crippen LogP contribution in [0.25, 0.3) is 0 Å². The van der Waals surface area contributed by atoms with Crippen LogP contribution in [0.1, 0.15) is 18.9 Å². The Bertz CT molecular complexity index is 419. The molecule has 5 heteroatoms. The maximum absolute atomic E-state index is 12.9. The Morgan fingerprint density at radius 2 is 2.00 bits per heavy atom. The van der Waals surface area contributed by atoms with Crippen LogP contribution in [0.4, 0.5) is 13.2 Å². The van der Waals surface area contributed by atoms with Gasteiger partial charge in [-0.25, -0.2) is 0 Å². The van der Waals surface area contributed by atoms with Gasteiger partial charge in [-0.2, -0.15) is 13.2 Å². The molecule has 21 heavy (non-hydrogen) atoms. The van der Waals surface area contributed by atoms with Crippen LogP contribution in [-0.2, 0) is 6.42 Å². The van der Waals surface area contributed by atoms with E-state index in [1.165, 1.54) is 5.56 Å². The molecule has 1 aliphatic rings. The lowest BCUT2D eigenvalue weighted by molar-refractivity contribution is -0.176. The molecule has 0 bridgehead atoms. The van der Waals surface area contributed by atoms with Crippen LogP contribution < -0.4 is 5.32 Å². The van der Waals surface area contributed by atoms with Gasteiger partial charge in [0.15, 0.2) is 0 Å². The summed E-state index contributed by atoms with van der Waals surface area (Å²) in [5, 5.41) is 2.90. The molecular weight excluding hydrogens is 277 g/mol. The van der Waals surface area contributed by atoms with Crippen molar-refractivity contribution < 1.29 is 13.2 Å². The molecule has 0 spiro atoms. The van der Waals surface area contributed by atoms with Crippen LogP contribution in [-0.4, -0.2) is 43.3 Å². The number of nitrogens with zero attached hydrogens (tertiary/aromatic N) is 1. The highest BCUT2D eigenvalue weighted by Gasteiger charge is 2.41. The Morgan fingerprint density at radius 1 is 1.29 bits per heavy atom. The van der Waals surface area contributed by atoms with Crippen molar-refractivity contribution in [2.45, 2.75) is 32.0 Å². The van der Waals surface area contributed by atoms with E-state index in [4.69, 9.17) is 0 Å². The third-order valence-corrected chi connectivity index (χ3v) is 4.20. The number of aryl methyl sites for hydroxylation is 1. The third-order valence-electron chi connectivity index (χ3n) is 4.20. The van der Waals surface area contributed by atoms with Gasteiger partial charge in [-0.1, -0.05) is 30.3 Å². The maximum atomic E-state index is 12.9. The van der Waals surface area contributed by atoms with Crippen LogP contribution in [0.2, 0.25) is 0 Å². The Kier molecular flexibility index (Phi) is 5.65. The molecule has 0 saturated carbocycles. The lowest BCUT2D eigenvalue weighted by atomic mass is 10.0. The first-order valence-electron chi connectivity index (χ1n) is 7.52. The minimum absolute atomic E-state index is 0.0331. The predicted molar refractivity (Wildman–Crippen MR) is 78.2 cm³/mol. The zero-order valence-electron chi connectivity index (χ0n) is 12.4. The highest BCUT2D eigenvalue weighted by Crippen LogP contribution is 2.28. The van der Waals surface area contributed by atoms with Gasteiger partial charge >= 0.3 is 6.18 Å². The largest absolute Gasteiger partial charge is 0.394 e. The van der Waals surface area contributed by atoms with Gasteiger partial charge in [0.1, 0.15) is 0 Å². The van der Waals surface area contributed by atoms with Crippen molar-refractivity contribution in [1.29, 1.82) is 0 Å². The number of hydrogen-bond donors (Lipinski definition) is 1. The van der Waals surface area contributed by atoms with E-state index in [9.17, 15) is 13.2 Å². The average molecular weight is 300 g/mol. The molecule has 118 valence electrons. The molecule has 1 aliphatic heterocycles. The van der Waals surface area contributed by atoms with E-state index < -0.39 is 12.1 Å². The molecule has 2 nitrogen and oxygen atoms in total. The van der Waals surface area contributed by atoms with E-state index in [-0.39, 0.29) is 19.1 Å². The fraction of sp³-hybridized carbons (Fsp3) is 0.625. The summed E-state index contributed by atoms with van der Waals surface area (Å²) in [6, 6.07) is 10.3. The summed E-state index contributed by atoms with van der Waals surface area (Å²) in [5.74, 6) is -1.26. The van der Waals surface area contributed by atoms with Crippen LogP contribution in [0, 0.1) is 5.92 Å². The molecule has 1 aromatic rings.